The first-order chi connectivity index (χ1) is 22.8. The van der Waals surface area contributed by atoms with E-state index in [4.69, 9.17) is 24.7 Å². The molecule has 0 fully saturated rings. The molecule has 1 heterocycles. The van der Waals surface area contributed by atoms with Gasteiger partial charge in [0.05, 0.1) is 65.1 Å². The number of hydrogen-bond donors (Lipinski definition) is 3. The molecule has 1 atom stereocenters. The molecule has 254 valence electrons. The number of carbonyl (C=O) groups is 4. The Bertz CT molecular complexity index is 1390. The molecule has 0 aromatic heterocycles. The molecular weight excluding hydrogens is 604 g/mol. The number of anilines is 1. The van der Waals surface area contributed by atoms with Crippen molar-refractivity contribution in [3.05, 3.63) is 65.2 Å². The molecule has 3 rings (SSSR count). The highest BCUT2D eigenvalue weighted by molar-refractivity contribution is 5.97. The smallest absolute Gasteiger partial charge is 0.240 e. The molecule has 4 N–H and O–H groups in total. The number of fused-ring (bicyclic) bond motifs is 2. The average molecular weight is 651 g/mol. The molecule has 47 heavy (non-hydrogen) atoms. The topological polar surface area (TPSA) is 159 Å². The Morgan fingerprint density at radius 2 is 1.32 bits per heavy atom. The summed E-state index contributed by atoms with van der Waals surface area (Å²) in [4.78, 5) is 50.6. The van der Waals surface area contributed by atoms with Crippen molar-refractivity contribution in [1.29, 1.82) is 0 Å². The largest absolute Gasteiger partial charge is 0.379 e. The number of para-hydroxylation sites is 1. The Kier molecular flexibility index (Phi) is 16.4. The SMILES string of the molecule is CC(C)C(NC(=O)CCOCCOCCOCCOCCNC(=O)CCC(=O)N1Cc2ccccc2C#Cc2ccccc21)C(N)=O. The van der Waals surface area contributed by atoms with Crippen LogP contribution in [0.5, 0.6) is 0 Å². The maximum Gasteiger partial charge on any atom is 0.240 e. The number of nitrogens with zero attached hydrogens (tertiary/aromatic N) is 1. The number of nitrogens with one attached hydrogen (secondary N) is 2. The molecule has 12 nitrogen and oxygen atoms in total. The monoisotopic (exact) mass is 650 g/mol. The van der Waals surface area contributed by atoms with E-state index in [2.05, 4.69) is 22.5 Å². The van der Waals surface area contributed by atoms with E-state index >= 15 is 0 Å². The highest BCUT2D eigenvalue weighted by Gasteiger charge is 2.22. The van der Waals surface area contributed by atoms with Crippen molar-refractivity contribution in [2.75, 3.05) is 64.3 Å². The number of benzene rings is 2. The van der Waals surface area contributed by atoms with Gasteiger partial charge in [-0.1, -0.05) is 56.0 Å². The summed E-state index contributed by atoms with van der Waals surface area (Å²) < 4.78 is 21.8. The van der Waals surface area contributed by atoms with Crippen LogP contribution in [0.1, 0.15) is 49.8 Å². The van der Waals surface area contributed by atoms with E-state index < -0.39 is 11.9 Å². The molecule has 0 saturated heterocycles. The van der Waals surface area contributed by atoms with Gasteiger partial charge in [-0.15, -0.1) is 0 Å². The predicted octanol–water partition coefficient (Wildman–Crippen LogP) is 1.91. The van der Waals surface area contributed by atoms with Gasteiger partial charge in [0.15, 0.2) is 0 Å². The van der Waals surface area contributed by atoms with Crippen LogP contribution in [-0.4, -0.2) is 89.1 Å². The Morgan fingerprint density at radius 1 is 0.745 bits per heavy atom. The zero-order valence-electron chi connectivity index (χ0n) is 27.3. The Morgan fingerprint density at radius 3 is 1.98 bits per heavy atom. The first-order valence-corrected chi connectivity index (χ1v) is 15.9. The lowest BCUT2D eigenvalue weighted by atomic mass is 10.0. The second kappa shape index (κ2) is 20.8. The van der Waals surface area contributed by atoms with Gasteiger partial charge in [0, 0.05) is 36.9 Å². The molecule has 1 aliphatic heterocycles. The maximum absolute atomic E-state index is 13.2. The summed E-state index contributed by atoms with van der Waals surface area (Å²) in [7, 11) is 0. The van der Waals surface area contributed by atoms with Crippen LogP contribution < -0.4 is 21.3 Å². The van der Waals surface area contributed by atoms with Crippen molar-refractivity contribution < 1.29 is 38.1 Å². The van der Waals surface area contributed by atoms with Crippen LogP contribution in [0.25, 0.3) is 0 Å². The molecule has 2 aromatic carbocycles. The minimum Gasteiger partial charge on any atom is -0.379 e. The fourth-order valence-corrected chi connectivity index (χ4v) is 4.65. The molecule has 4 amide bonds. The van der Waals surface area contributed by atoms with Gasteiger partial charge in [-0.3, -0.25) is 19.2 Å². The second-order valence-electron chi connectivity index (χ2n) is 11.1. The summed E-state index contributed by atoms with van der Waals surface area (Å²) >= 11 is 0. The lowest BCUT2D eigenvalue weighted by molar-refractivity contribution is -0.129. The van der Waals surface area contributed by atoms with Crippen LogP contribution in [0.2, 0.25) is 0 Å². The van der Waals surface area contributed by atoms with Gasteiger partial charge in [-0.05, 0) is 29.7 Å². The number of ether oxygens (including phenoxy) is 4. The van der Waals surface area contributed by atoms with Crippen molar-refractivity contribution in [3.63, 3.8) is 0 Å². The zero-order chi connectivity index (χ0) is 33.9. The minimum atomic E-state index is -0.693. The van der Waals surface area contributed by atoms with Gasteiger partial charge in [-0.25, -0.2) is 0 Å². The molecular formula is C35H46N4O8. The molecule has 0 bridgehead atoms. The van der Waals surface area contributed by atoms with Crippen molar-refractivity contribution in [2.45, 2.75) is 45.7 Å². The highest BCUT2D eigenvalue weighted by atomic mass is 16.6. The lowest BCUT2D eigenvalue weighted by Crippen LogP contribution is -2.47. The van der Waals surface area contributed by atoms with Gasteiger partial charge in [0.2, 0.25) is 23.6 Å². The Hall–Kier alpha value is -4.28. The van der Waals surface area contributed by atoms with Crippen LogP contribution >= 0.6 is 0 Å². The Labute approximate surface area is 276 Å². The number of rotatable bonds is 21. The van der Waals surface area contributed by atoms with Crippen molar-refractivity contribution in [2.24, 2.45) is 11.7 Å². The minimum absolute atomic E-state index is 0.0734. The number of amides is 4. The summed E-state index contributed by atoms with van der Waals surface area (Å²) in [5, 5.41) is 5.40. The van der Waals surface area contributed by atoms with Gasteiger partial charge in [0.1, 0.15) is 6.04 Å². The molecule has 0 spiro atoms. The first kappa shape index (κ1) is 37.2. The van der Waals surface area contributed by atoms with Crippen LogP contribution in [0.4, 0.5) is 5.69 Å². The quantitative estimate of drug-likeness (QED) is 0.137. The molecule has 0 radical (unpaired) electrons. The third kappa shape index (κ3) is 13.5. The Balaban J connectivity index is 1.17. The lowest BCUT2D eigenvalue weighted by Gasteiger charge is -2.26. The van der Waals surface area contributed by atoms with Crippen LogP contribution in [0.15, 0.2) is 48.5 Å². The van der Waals surface area contributed by atoms with E-state index in [0.29, 0.717) is 59.3 Å². The van der Waals surface area contributed by atoms with E-state index in [1.165, 1.54) is 0 Å². The fourth-order valence-electron chi connectivity index (χ4n) is 4.65. The van der Waals surface area contributed by atoms with Crippen LogP contribution in [0, 0.1) is 17.8 Å². The number of hydrogen-bond acceptors (Lipinski definition) is 8. The first-order valence-electron chi connectivity index (χ1n) is 15.9. The molecule has 1 aliphatic rings. The van der Waals surface area contributed by atoms with E-state index in [1.807, 2.05) is 62.4 Å². The third-order valence-electron chi connectivity index (χ3n) is 7.19. The van der Waals surface area contributed by atoms with Crippen LogP contribution in [-0.2, 0) is 44.7 Å². The number of nitrogens with two attached hydrogens (primary N) is 1. The molecule has 12 heteroatoms. The summed E-state index contributed by atoms with van der Waals surface area (Å²) in [6.45, 7) is 7.08. The standard InChI is InChI=1S/C35H46N4O8/c1-26(2)34(35(36)43)38-32(41)15-17-44-19-21-46-23-24-47-22-20-45-18-16-37-31(40)13-14-33(42)39-25-29-9-4-3-7-27(29)11-12-28-8-5-6-10-30(28)39/h3-10,26,34H,13-25H2,1-2H3,(H2,36,43)(H,37,40)(H,38,41). The van der Waals surface area contributed by atoms with Crippen molar-refractivity contribution in [1.82, 2.24) is 10.6 Å². The van der Waals surface area contributed by atoms with Crippen molar-refractivity contribution >= 4 is 29.3 Å². The maximum atomic E-state index is 13.2. The van der Waals surface area contributed by atoms with Gasteiger partial charge >= 0.3 is 0 Å². The van der Waals surface area contributed by atoms with E-state index in [9.17, 15) is 19.2 Å². The van der Waals surface area contributed by atoms with Gasteiger partial charge in [-0.2, -0.15) is 0 Å². The highest BCUT2D eigenvalue weighted by Crippen LogP contribution is 2.26. The van der Waals surface area contributed by atoms with Gasteiger partial charge in [0.25, 0.3) is 0 Å². The second-order valence-corrected chi connectivity index (χ2v) is 11.1. The number of carbonyl (C=O) groups excluding carboxylic acids is 4. The van der Waals surface area contributed by atoms with Crippen molar-refractivity contribution in [3.8, 4) is 11.8 Å². The van der Waals surface area contributed by atoms with E-state index in [-0.39, 0.29) is 49.5 Å². The van der Waals surface area contributed by atoms with Gasteiger partial charge < -0.3 is 40.2 Å². The summed E-state index contributed by atoms with van der Waals surface area (Å²) in [6, 6.07) is 14.6. The van der Waals surface area contributed by atoms with E-state index in [0.717, 1.165) is 22.4 Å². The molecule has 1 unspecified atom stereocenters. The summed E-state index contributed by atoms with van der Waals surface area (Å²) in [6.07, 6.45) is 0.278. The third-order valence-corrected chi connectivity index (χ3v) is 7.19. The summed E-state index contributed by atoms with van der Waals surface area (Å²) in [5.41, 5.74) is 8.66. The normalized spacial score (nSPS) is 12.5. The molecule has 0 aliphatic carbocycles. The zero-order valence-corrected chi connectivity index (χ0v) is 27.3. The molecule has 0 saturated carbocycles. The predicted molar refractivity (Wildman–Crippen MR) is 176 cm³/mol. The summed E-state index contributed by atoms with van der Waals surface area (Å²) in [5.74, 6) is 5.09. The van der Waals surface area contributed by atoms with E-state index in [1.54, 1.807) is 4.90 Å². The fraction of sp³-hybridized carbons (Fsp3) is 0.486. The molecule has 2 aromatic rings. The number of primary amides is 1. The van der Waals surface area contributed by atoms with Crippen LogP contribution in [0.3, 0.4) is 0 Å². The average Bonchev–Trinajstić information content (AvgIpc) is 3.05.